The van der Waals surface area contributed by atoms with Crippen LogP contribution >= 0.6 is 11.6 Å². The summed E-state index contributed by atoms with van der Waals surface area (Å²) in [4.78, 5) is 14.5. The number of methoxy groups -OCH3 is 1. The SMILES string of the molecule is COCCS(=O)(=O)N1CCN(CCNC(=O)c2nn3c(c2Cl)OCCC3)CC1. The van der Waals surface area contributed by atoms with Gasteiger partial charge in [0.25, 0.3) is 5.91 Å². The van der Waals surface area contributed by atoms with Crippen molar-refractivity contribution in [3.8, 4) is 5.88 Å². The Bertz CT molecular complexity index is 792. The van der Waals surface area contributed by atoms with Crippen LogP contribution < -0.4 is 10.1 Å². The standard InChI is InChI=1S/C16H26ClN5O5S/c1-26-11-12-28(24,25)21-8-6-20(7-9-21)5-3-18-15(23)14-13(17)16-22(19-14)4-2-10-27-16/h2-12H2,1H3,(H,18,23). The van der Waals surface area contributed by atoms with Crippen LogP contribution in [-0.4, -0.2) is 98.7 Å². The molecule has 12 heteroatoms. The van der Waals surface area contributed by atoms with Gasteiger partial charge in [0.05, 0.1) is 19.0 Å². The Morgan fingerprint density at radius 2 is 2.04 bits per heavy atom. The molecule has 2 aliphatic heterocycles. The van der Waals surface area contributed by atoms with E-state index < -0.39 is 10.0 Å². The predicted octanol–water partition coefficient (Wildman–Crippen LogP) is -0.357. The van der Waals surface area contributed by atoms with E-state index in [9.17, 15) is 13.2 Å². The Morgan fingerprint density at radius 1 is 1.29 bits per heavy atom. The van der Waals surface area contributed by atoms with E-state index in [4.69, 9.17) is 21.1 Å². The molecule has 3 heterocycles. The van der Waals surface area contributed by atoms with Crippen LogP contribution in [0.5, 0.6) is 5.88 Å². The van der Waals surface area contributed by atoms with Gasteiger partial charge in [-0.3, -0.25) is 9.69 Å². The molecule has 2 aliphatic rings. The first kappa shape index (κ1) is 21.3. The number of aryl methyl sites for hydroxylation is 1. The van der Waals surface area contributed by atoms with Gasteiger partial charge in [-0.15, -0.1) is 0 Å². The van der Waals surface area contributed by atoms with E-state index in [1.165, 1.54) is 11.4 Å². The summed E-state index contributed by atoms with van der Waals surface area (Å²) in [5, 5.41) is 7.29. The third-order valence-corrected chi connectivity index (χ3v) is 6.98. The number of hydrogen-bond acceptors (Lipinski definition) is 7. The summed E-state index contributed by atoms with van der Waals surface area (Å²) in [6.45, 7) is 4.62. The first-order valence-electron chi connectivity index (χ1n) is 9.29. The molecule has 1 aromatic heterocycles. The number of amides is 1. The number of halogens is 1. The van der Waals surface area contributed by atoms with E-state index in [0.717, 1.165) is 6.42 Å². The molecular formula is C16H26ClN5O5S. The van der Waals surface area contributed by atoms with Crippen LogP contribution in [0.3, 0.4) is 0 Å². The lowest BCUT2D eigenvalue weighted by molar-refractivity contribution is 0.0939. The fraction of sp³-hybridized carbons (Fsp3) is 0.750. The molecule has 0 aromatic carbocycles. The van der Waals surface area contributed by atoms with Crippen molar-refractivity contribution < 1.29 is 22.7 Å². The van der Waals surface area contributed by atoms with Gasteiger partial charge in [0.15, 0.2) is 5.69 Å². The van der Waals surface area contributed by atoms with Gasteiger partial charge in [0.2, 0.25) is 15.9 Å². The van der Waals surface area contributed by atoms with Crippen molar-refractivity contribution in [3.05, 3.63) is 10.7 Å². The van der Waals surface area contributed by atoms with Crippen LogP contribution in [0, 0.1) is 0 Å². The molecule has 158 valence electrons. The molecule has 0 atom stereocenters. The lowest BCUT2D eigenvalue weighted by Crippen LogP contribution is -2.50. The Labute approximate surface area is 169 Å². The van der Waals surface area contributed by atoms with E-state index >= 15 is 0 Å². The molecule has 1 amide bonds. The summed E-state index contributed by atoms with van der Waals surface area (Å²) in [5.74, 6) is 0.110. The molecule has 1 N–H and O–H groups in total. The van der Waals surface area contributed by atoms with Crippen molar-refractivity contribution in [1.29, 1.82) is 0 Å². The summed E-state index contributed by atoms with van der Waals surface area (Å²) in [7, 11) is -1.78. The second kappa shape index (κ2) is 9.40. The van der Waals surface area contributed by atoms with Crippen LogP contribution in [0.4, 0.5) is 0 Å². The van der Waals surface area contributed by atoms with E-state index in [1.807, 2.05) is 0 Å². The number of sulfonamides is 1. The van der Waals surface area contributed by atoms with Crippen LogP contribution in [-0.2, 0) is 21.3 Å². The molecule has 0 saturated carbocycles. The average Bonchev–Trinajstić information content (AvgIpc) is 3.04. The van der Waals surface area contributed by atoms with Crippen LogP contribution in [0.1, 0.15) is 16.9 Å². The highest BCUT2D eigenvalue weighted by Gasteiger charge is 2.27. The van der Waals surface area contributed by atoms with Crippen LogP contribution in [0.2, 0.25) is 5.02 Å². The number of carbonyl (C=O) groups excluding carboxylic acids is 1. The Morgan fingerprint density at radius 3 is 2.71 bits per heavy atom. The number of carbonyl (C=O) groups is 1. The number of nitrogens with one attached hydrogen (secondary N) is 1. The third kappa shape index (κ3) is 4.95. The van der Waals surface area contributed by atoms with Gasteiger partial charge in [-0.05, 0) is 0 Å². The molecule has 0 aliphatic carbocycles. The Balaban J connectivity index is 1.43. The molecule has 28 heavy (non-hydrogen) atoms. The van der Waals surface area contributed by atoms with Crippen molar-refractivity contribution >= 4 is 27.5 Å². The predicted molar refractivity (Wildman–Crippen MR) is 103 cm³/mol. The fourth-order valence-electron chi connectivity index (χ4n) is 3.20. The molecule has 0 spiro atoms. The molecular weight excluding hydrogens is 410 g/mol. The number of piperazine rings is 1. The third-order valence-electron chi connectivity index (χ3n) is 4.80. The largest absolute Gasteiger partial charge is 0.477 e. The average molecular weight is 436 g/mol. The lowest BCUT2D eigenvalue weighted by Gasteiger charge is -2.33. The van der Waals surface area contributed by atoms with Gasteiger partial charge < -0.3 is 14.8 Å². The first-order chi connectivity index (χ1) is 13.4. The summed E-state index contributed by atoms with van der Waals surface area (Å²) >= 11 is 6.21. The number of ether oxygens (including phenoxy) is 2. The Kier molecular flexibility index (Phi) is 7.15. The van der Waals surface area contributed by atoms with Gasteiger partial charge >= 0.3 is 0 Å². The molecule has 10 nitrogen and oxygen atoms in total. The maximum absolute atomic E-state index is 12.4. The second-order valence-corrected chi connectivity index (χ2v) is 9.16. The Hall–Kier alpha value is -1.40. The molecule has 0 bridgehead atoms. The highest BCUT2D eigenvalue weighted by atomic mass is 35.5. The molecule has 0 radical (unpaired) electrons. The summed E-state index contributed by atoms with van der Waals surface area (Å²) < 4.78 is 37.8. The summed E-state index contributed by atoms with van der Waals surface area (Å²) in [5.41, 5.74) is 0.174. The van der Waals surface area contributed by atoms with Crippen LogP contribution in [0.15, 0.2) is 0 Å². The highest BCUT2D eigenvalue weighted by molar-refractivity contribution is 7.89. The minimum Gasteiger partial charge on any atom is -0.477 e. The monoisotopic (exact) mass is 435 g/mol. The summed E-state index contributed by atoms with van der Waals surface area (Å²) in [6.07, 6.45) is 0.833. The maximum Gasteiger partial charge on any atom is 0.273 e. The zero-order valence-corrected chi connectivity index (χ0v) is 17.5. The lowest BCUT2D eigenvalue weighted by atomic mass is 10.3. The molecule has 1 fully saturated rings. The number of rotatable bonds is 8. The van der Waals surface area contributed by atoms with E-state index in [-0.39, 0.29) is 29.0 Å². The van der Waals surface area contributed by atoms with E-state index in [0.29, 0.717) is 58.3 Å². The van der Waals surface area contributed by atoms with E-state index in [1.54, 1.807) is 4.68 Å². The number of hydrogen-bond donors (Lipinski definition) is 1. The van der Waals surface area contributed by atoms with Crippen molar-refractivity contribution in [1.82, 2.24) is 24.3 Å². The molecule has 0 unspecified atom stereocenters. The molecule has 3 rings (SSSR count). The zero-order chi connectivity index (χ0) is 20.1. The van der Waals surface area contributed by atoms with Crippen LogP contribution in [0.25, 0.3) is 0 Å². The molecule has 1 saturated heterocycles. The number of aromatic nitrogens is 2. The zero-order valence-electron chi connectivity index (χ0n) is 15.9. The van der Waals surface area contributed by atoms with Gasteiger partial charge in [-0.25, -0.2) is 13.1 Å². The van der Waals surface area contributed by atoms with Gasteiger partial charge in [-0.1, -0.05) is 11.6 Å². The van der Waals surface area contributed by atoms with Crippen molar-refractivity contribution in [2.45, 2.75) is 13.0 Å². The first-order valence-corrected chi connectivity index (χ1v) is 11.3. The summed E-state index contributed by atoms with van der Waals surface area (Å²) in [6, 6.07) is 0. The highest BCUT2D eigenvalue weighted by Crippen LogP contribution is 2.30. The number of nitrogens with zero attached hydrogens (tertiary/aromatic N) is 4. The van der Waals surface area contributed by atoms with Crippen molar-refractivity contribution in [3.63, 3.8) is 0 Å². The topological polar surface area (TPSA) is 106 Å². The normalized spacial score (nSPS) is 18.5. The van der Waals surface area contributed by atoms with Crippen molar-refractivity contribution in [2.24, 2.45) is 0 Å². The minimum absolute atomic E-state index is 0.00132. The number of fused-ring (bicyclic) bond motifs is 1. The minimum atomic E-state index is -3.27. The van der Waals surface area contributed by atoms with Crippen molar-refractivity contribution in [2.75, 3.05) is 65.3 Å². The van der Waals surface area contributed by atoms with E-state index in [2.05, 4.69) is 15.3 Å². The smallest absolute Gasteiger partial charge is 0.273 e. The van der Waals surface area contributed by atoms with Gasteiger partial charge in [0.1, 0.15) is 5.02 Å². The van der Waals surface area contributed by atoms with Gasteiger partial charge in [0, 0.05) is 59.3 Å². The fourth-order valence-corrected chi connectivity index (χ4v) is 4.83. The maximum atomic E-state index is 12.4. The quantitative estimate of drug-likeness (QED) is 0.594. The second-order valence-electron chi connectivity index (χ2n) is 6.70. The van der Waals surface area contributed by atoms with Gasteiger partial charge in [-0.2, -0.15) is 9.40 Å². The molecule has 1 aromatic rings.